The highest BCUT2D eigenvalue weighted by molar-refractivity contribution is 4.96. The Labute approximate surface area is 107 Å². The van der Waals surface area contributed by atoms with Gasteiger partial charge >= 0.3 is 0 Å². The molecule has 1 unspecified atom stereocenters. The maximum Gasteiger partial charge on any atom is 0.0252 e. The van der Waals surface area contributed by atoms with Crippen molar-refractivity contribution in [1.29, 1.82) is 0 Å². The Morgan fingerprint density at radius 2 is 1.65 bits per heavy atom. The molecule has 1 saturated carbocycles. The van der Waals surface area contributed by atoms with Crippen molar-refractivity contribution in [3.05, 3.63) is 12.2 Å². The Morgan fingerprint density at radius 1 is 0.941 bits per heavy atom. The maximum absolute atomic E-state index is 3.87. The minimum absolute atomic E-state index is 0.646. The first-order valence-electron chi connectivity index (χ1n) is 7.79. The lowest BCUT2D eigenvalue weighted by atomic mass is 9.84. The van der Waals surface area contributed by atoms with E-state index in [9.17, 15) is 0 Å². The highest BCUT2D eigenvalue weighted by atomic mass is 14.9. The van der Waals surface area contributed by atoms with Gasteiger partial charge in [0.1, 0.15) is 0 Å². The van der Waals surface area contributed by atoms with Crippen LogP contribution in [-0.2, 0) is 0 Å². The number of allylic oxidation sites excluding steroid dienone is 1. The number of hydrogen-bond acceptors (Lipinski definition) is 1. The van der Waals surface area contributed by atoms with E-state index in [1.165, 1.54) is 64.2 Å². The summed E-state index contributed by atoms with van der Waals surface area (Å²) in [6.07, 6.45) is 18.9. The Hall–Kier alpha value is -0.300. The van der Waals surface area contributed by atoms with Crippen molar-refractivity contribution >= 4 is 0 Å². The number of nitrogens with one attached hydrogen (secondary N) is 1. The first-order valence-corrected chi connectivity index (χ1v) is 7.79. The molecule has 0 saturated heterocycles. The van der Waals surface area contributed by atoms with Gasteiger partial charge in [-0.15, -0.1) is 0 Å². The molecule has 1 heteroatoms. The number of rotatable bonds is 3. The van der Waals surface area contributed by atoms with Gasteiger partial charge in [-0.2, -0.15) is 0 Å². The van der Waals surface area contributed by atoms with E-state index in [1.807, 2.05) is 0 Å². The molecule has 98 valence electrons. The largest absolute Gasteiger partial charge is 0.308 e. The molecule has 1 nitrogen and oxygen atoms in total. The van der Waals surface area contributed by atoms with Gasteiger partial charge in [-0.3, -0.25) is 0 Å². The third-order valence-corrected chi connectivity index (χ3v) is 4.59. The monoisotopic (exact) mass is 235 g/mol. The fourth-order valence-corrected chi connectivity index (χ4v) is 3.41. The van der Waals surface area contributed by atoms with E-state index < -0.39 is 0 Å². The summed E-state index contributed by atoms with van der Waals surface area (Å²) >= 11 is 0. The summed E-state index contributed by atoms with van der Waals surface area (Å²) in [6, 6.07) is 1.36. The summed E-state index contributed by atoms with van der Waals surface area (Å²) in [5, 5.41) is 3.87. The minimum atomic E-state index is 0.646. The van der Waals surface area contributed by atoms with E-state index in [2.05, 4.69) is 24.4 Å². The second-order valence-corrected chi connectivity index (χ2v) is 6.03. The number of hydrogen-bond donors (Lipinski definition) is 1. The zero-order valence-electron chi connectivity index (χ0n) is 11.5. The van der Waals surface area contributed by atoms with Gasteiger partial charge in [-0.25, -0.2) is 0 Å². The molecule has 0 spiro atoms. The van der Waals surface area contributed by atoms with Gasteiger partial charge in [0, 0.05) is 12.1 Å². The van der Waals surface area contributed by atoms with Gasteiger partial charge in [0.25, 0.3) is 0 Å². The fraction of sp³-hybridized carbons (Fsp3) is 0.875. The molecule has 0 aromatic rings. The van der Waals surface area contributed by atoms with Crippen molar-refractivity contribution in [2.45, 2.75) is 83.2 Å². The van der Waals surface area contributed by atoms with Crippen molar-refractivity contribution in [2.75, 3.05) is 0 Å². The van der Waals surface area contributed by atoms with E-state index in [4.69, 9.17) is 0 Å². The van der Waals surface area contributed by atoms with Crippen LogP contribution in [0.2, 0.25) is 0 Å². The van der Waals surface area contributed by atoms with Crippen LogP contribution < -0.4 is 5.32 Å². The lowest BCUT2D eigenvalue weighted by Crippen LogP contribution is -2.40. The second kappa shape index (κ2) is 7.20. The molecule has 2 rings (SSSR count). The van der Waals surface area contributed by atoms with Gasteiger partial charge in [0.15, 0.2) is 0 Å². The van der Waals surface area contributed by atoms with E-state index in [-0.39, 0.29) is 0 Å². The van der Waals surface area contributed by atoms with Gasteiger partial charge in [-0.05, 0) is 44.9 Å². The highest BCUT2D eigenvalue weighted by Crippen LogP contribution is 2.27. The molecular formula is C16H29N. The SMILES string of the molecule is C[C@H](NC1/C=C/CCCCC1)C1CCCCC1. The van der Waals surface area contributed by atoms with Gasteiger partial charge in [0.2, 0.25) is 0 Å². The smallest absolute Gasteiger partial charge is 0.0252 e. The molecule has 1 fully saturated rings. The Kier molecular flexibility index (Phi) is 5.57. The lowest BCUT2D eigenvalue weighted by Gasteiger charge is -2.31. The molecule has 0 bridgehead atoms. The molecule has 2 aliphatic rings. The van der Waals surface area contributed by atoms with E-state index in [0.29, 0.717) is 12.1 Å². The zero-order valence-corrected chi connectivity index (χ0v) is 11.5. The molecule has 0 amide bonds. The molecule has 2 atom stereocenters. The molecule has 1 N–H and O–H groups in total. The van der Waals surface area contributed by atoms with Crippen molar-refractivity contribution in [3.63, 3.8) is 0 Å². The topological polar surface area (TPSA) is 12.0 Å². The predicted octanol–water partition coefficient (Wildman–Crippen LogP) is 4.43. The third kappa shape index (κ3) is 4.46. The van der Waals surface area contributed by atoms with Gasteiger partial charge in [-0.1, -0.05) is 44.3 Å². The molecule has 0 heterocycles. The van der Waals surface area contributed by atoms with Crippen LogP contribution in [0.15, 0.2) is 12.2 Å². The standard InChI is InChI=1S/C16H29N/c1-14(15-10-6-5-7-11-15)17-16-12-8-3-2-4-9-13-16/h8,12,14-17H,2-7,9-11,13H2,1H3/b12-8+/t14-,16?/m0/s1. The summed E-state index contributed by atoms with van der Waals surface area (Å²) in [6.45, 7) is 2.41. The van der Waals surface area contributed by atoms with Crippen LogP contribution in [0.3, 0.4) is 0 Å². The second-order valence-electron chi connectivity index (χ2n) is 6.03. The Bertz CT molecular complexity index is 228. The zero-order chi connectivity index (χ0) is 11.9. The van der Waals surface area contributed by atoms with Crippen LogP contribution in [0.25, 0.3) is 0 Å². The van der Waals surface area contributed by atoms with E-state index in [0.717, 1.165) is 5.92 Å². The molecule has 17 heavy (non-hydrogen) atoms. The van der Waals surface area contributed by atoms with Crippen LogP contribution in [-0.4, -0.2) is 12.1 Å². The van der Waals surface area contributed by atoms with Crippen molar-refractivity contribution in [3.8, 4) is 0 Å². The summed E-state index contributed by atoms with van der Waals surface area (Å²) in [4.78, 5) is 0. The highest BCUT2D eigenvalue weighted by Gasteiger charge is 2.21. The van der Waals surface area contributed by atoms with Crippen LogP contribution in [0.1, 0.15) is 71.1 Å². The van der Waals surface area contributed by atoms with Gasteiger partial charge in [0.05, 0.1) is 0 Å². The molecule has 2 aliphatic carbocycles. The van der Waals surface area contributed by atoms with Gasteiger partial charge < -0.3 is 5.32 Å². The molecule has 0 aromatic carbocycles. The summed E-state index contributed by atoms with van der Waals surface area (Å²) in [7, 11) is 0. The quantitative estimate of drug-likeness (QED) is 0.713. The first kappa shape index (κ1) is 13.1. The average molecular weight is 235 g/mol. The summed E-state index contributed by atoms with van der Waals surface area (Å²) in [5.74, 6) is 0.933. The fourth-order valence-electron chi connectivity index (χ4n) is 3.41. The summed E-state index contributed by atoms with van der Waals surface area (Å²) in [5.41, 5.74) is 0. The molecule has 0 aliphatic heterocycles. The minimum Gasteiger partial charge on any atom is -0.308 e. The molecule has 0 aromatic heterocycles. The van der Waals surface area contributed by atoms with Crippen molar-refractivity contribution < 1.29 is 0 Å². The third-order valence-electron chi connectivity index (χ3n) is 4.59. The van der Waals surface area contributed by atoms with E-state index >= 15 is 0 Å². The maximum atomic E-state index is 3.87. The Balaban J connectivity index is 1.79. The molecule has 0 radical (unpaired) electrons. The van der Waals surface area contributed by atoms with Crippen LogP contribution in [0, 0.1) is 5.92 Å². The van der Waals surface area contributed by atoms with Crippen molar-refractivity contribution in [1.82, 2.24) is 5.32 Å². The predicted molar refractivity (Wildman–Crippen MR) is 75.2 cm³/mol. The average Bonchev–Trinajstić information content (AvgIpc) is 2.33. The van der Waals surface area contributed by atoms with E-state index in [1.54, 1.807) is 0 Å². The molecular weight excluding hydrogens is 206 g/mol. The van der Waals surface area contributed by atoms with Crippen LogP contribution >= 0.6 is 0 Å². The first-order chi connectivity index (χ1) is 8.36. The van der Waals surface area contributed by atoms with Crippen LogP contribution in [0.4, 0.5) is 0 Å². The Morgan fingerprint density at radius 3 is 2.47 bits per heavy atom. The van der Waals surface area contributed by atoms with Crippen molar-refractivity contribution in [2.24, 2.45) is 5.92 Å². The normalized spacial score (nSPS) is 31.5. The lowest BCUT2D eigenvalue weighted by molar-refractivity contribution is 0.268. The summed E-state index contributed by atoms with van der Waals surface area (Å²) < 4.78 is 0. The van der Waals surface area contributed by atoms with Crippen LogP contribution in [0.5, 0.6) is 0 Å².